The Labute approximate surface area is 171 Å². The van der Waals surface area contributed by atoms with Gasteiger partial charge in [-0.2, -0.15) is 0 Å². The van der Waals surface area contributed by atoms with E-state index in [4.69, 9.17) is 8.75 Å². The van der Waals surface area contributed by atoms with E-state index in [1.807, 2.05) is 0 Å². The normalized spacial score (nSPS) is 12.1. The minimum Gasteiger partial charge on any atom is -0.0616 e. The summed E-state index contributed by atoms with van der Waals surface area (Å²) in [7, 11) is -0.504. The van der Waals surface area contributed by atoms with Crippen molar-refractivity contribution in [1.82, 2.24) is 8.75 Å². The van der Waals surface area contributed by atoms with Crippen LogP contribution in [0.2, 0.25) is 0 Å². The van der Waals surface area contributed by atoms with Gasteiger partial charge in [0.25, 0.3) is 0 Å². The van der Waals surface area contributed by atoms with Gasteiger partial charge in [0.05, 0.1) is 0 Å². The number of benzene rings is 5. The van der Waals surface area contributed by atoms with Gasteiger partial charge < -0.3 is 0 Å². The second-order valence-corrected chi connectivity index (χ2v) is 8.49. The summed E-state index contributed by atoms with van der Waals surface area (Å²) in [6, 6.07) is 36.3. The standard InChI is InChI=1S/C26H17N2S/c1-3-11-21-18(7-1)9-5-13-22(21)20-15-16-24-25(17-20)28-29(27-24)26-14-6-10-19-8-2-4-12-23(19)26/h1-17H/q+1. The van der Waals surface area contributed by atoms with Crippen LogP contribution in [0, 0.1) is 0 Å². The van der Waals surface area contributed by atoms with Crippen molar-refractivity contribution in [2.45, 2.75) is 0 Å². The summed E-state index contributed by atoms with van der Waals surface area (Å²) >= 11 is 0. The maximum Gasteiger partial charge on any atom is 0.245 e. The highest BCUT2D eigenvalue weighted by molar-refractivity contribution is 7.31. The molecule has 3 heteroatoms. The summed E-state index contributed by atoms with van der Waals surface area (Å²) in [4.78, 5) is 1.19. The van der Waals surface area contributed by atoms with Crippen LogP contribution in [-0.2, 0) is 0 Å². The molecular formula is C26H17N2S+. The molecule has 0 fully saturated rings. The van der Waals surface area contributed by atoms with Crippen molar-refractivity contribution in [1.29, 1.82) is 0 Å². The molecule has 5 aromatic carbocycles. The molecule has 6 aromatic rings. The van der Waals surface area contributed by atoms with Gasteiger partial charge in [0, 0.05) is 11.5 Å². The van der Waals surface area contributed by atoms with Gasteiger partial charge in [0.2, 0.25) is 15.8 Å². The van der Waals surface area contributed by atoms with Crippen molar-refractivity contribution in [3.05, 3.63) is 103 Å². The van der Waals surface area contributed by atoms with E-state index in [0.29, 0.717) is 0 Å². The van der Waals surface area contributed by atoms with Crippen LogP contribution in [0.5, 0.6) is 0 Å². The van der Waals surface area contributed by atoms with E-state index in [1.54, 1.807) is 0 Å². The third-order valence-corrected chi connectivity index (χ3v) is 6.88. The molecule has 0 radical (unpaired) electrons. The minimum absolute atomic E-state index is 0.504. The Morgan fingerprint density at radius 2 is 1.17 bits per heavy atom. The highest BCUT2D eigenvalue weighted by Crippen LogP contribution is 2.36. The summed E-state index contributed by atoms with van der Waals surface area (Å²) in [5, 5.41) is 4.98. The molecule has 0 saturated carbocycles. The zero-order chi connectivity index (χ0) is 19.2. The van der Waals surface area contributed by atoms with Gasteiger partial charge in [-0.3, -0.25) is 0 Å². The second kappa shape index (κ2) is 6.50. The van der Waals surface area contributed by atoms with Gasteiger partial charge in [-0.15, -0.1) is 0 Å². The first-order valence-electron chi connectivity index (χ1n) is 9.65. The third-order valence-electron chi connectivity index (χ3n) is 5.39. The quantitative estimate of drug-likeness (QED) is 0.289. The first kappa shape index (κ1) is 16.4. The van der Waals surface area contributed by atoms with Gasteiger partial charge in [0.1, 0.15) is 0 Å². The number of aromatic nitrogens is 2. The Kier molecular flexibility index (Phi) is 3.68. The number of hydrogen-bond donors (Lipinski definition) is 0. The molecule has 0 aliphatic rings. The predicted molar refractivity (Wildman–Crippen MR) is 124 cm³/mol. The van der Waals surface area contributed by atoms with Crippen LogP contribution in [0.4, 0.5) is 0 Å². The van der Waals surface area contributed by atoms with Crippen molar-refractivity contribution in [3.63, 3.8) is 0 Å². The van der Waals surface area contributed by atoms with Crippen LogP contribution in [0.1, 0.15) is 0 Å². The number of rotatable bonds is 2. The van der Waals surface area contributed by atoms with E-state index < -0.39 is 10.9 Å². The average molecular weight is 390 g/mol. The van der Waals surface area contributed by atoms with Crippen molar-refractivity contribution >= 4 is 43.4 Å². The molecule has 1 aromatic heterocycles. The van der Waals surface area contributed by atoms with Gasteiger partial charge in [-0.1, -0.05) is 78.9 Å². The van der Waals surface area contributed by atoms with E-state index >= 15 is 0 Å². The highest BCUT2D eigenvalue weighted by atomic mass is 32.2. The summed E-state index contributed by atoms with van der Waals surface area (Å²) in [5.74, 6) is 0. The summed E-state index contributed by atoms with van der Waals surface area (Å²) < 4.78 is 9.93. The second-order valence-electron chi connectivity index (χ2n) is 7.15. The zero-order valence-electron chi connectivity index (χ0n) is 15.6. The van der Waals surface area contributed by atoms with Crippen LogP contribution in [0.15, 0.2) is 103 Å². The summed E-state index contributed by atoms with van der Waals surface area (Å²) in [5.41, 5.74) is 4.37. The summed E-state index contributed by atoms with van der Waals surface area (Å²) in [6.07, 6.45) is 0. The molecule has 6 rings (SSSR count). The van der Waals surface area contributed by atoms with E-state index in [2.05, 4.69) is 103 Å². The van der Waals surface area contributed by atoms with Crippen molar-refractivity contribution in [3.8, 4) is 16.0 Å². The number of hydrogen-bond acceptors (Lipinski definition) is 2. The summed E-state index contributed by atoms with van der Waals surface area (Å²) in [6.45, 7) is 0. The first-order valence-corrected chi connectivity index (χ1v) is 10.8. The molecule has 0 bridgehead atoms. The van der Waals surface area contributed by atoms with Gasteiger partial charge in [-0.25, -0.2) is 0 Å². The maximum absolute atomic E-state index is 5.00. The van der Waals surface area contributed by atoms with Gasteiger partial charge >= 0.3 is 0 Å². The molecule has 0 N–H and O–H groups in total. The Bertz CT molecular complexity index is 1430. The van der Waals surface area contributed by atoms with E-state index in [-0.39, 0.29) is 0 Å². The van der Waals surface area contributed by atoms with Crippen LogP contribution in [-0.4, -0.2) is 8.75 Å². The SMILES string of the molecule is c1ccc2c(-c3ccc4n[s+](-c5cccc6ccccc56)nc4c3)cccc2c1. The van der Waals surface area contributed by atoms with Crippen molar-refractivity contribution in [2.75, 3.05) is 0 Å². The molecule has 1 atom stereocenters. The number of fused-ring (bicyclic) bond motifs is 3. The van der Waals surface area contributed by atoms with Crippen LogP contribution < -0.4 is 0 Å². The molecule has 0 aliphatic carbocycles. The van der Waals surface area contributed by atoms with Crippen molar-refractivity contribution < 1.29 is 0 Å². The fourth-order valence-corrected chi connectivity index (χ4v) is 5.47. The molecule has 2 nitrogen and oxygen atoms in total. The molecule has 1 heterocycles. The van der Waals surface area contributed by atoms with Crippen molar-refractivity contribution in [2.24, 2.45) is 0 Å². The third kappa shape index (κ3) is 2.71. The van der Waals surface area contributed by atoms with Crippen LogP contribution >= 0.6 is 10.9 Å². The fraction of sp³-hybridized carbons (Fsp3) is 0. The van der Waals surface area contributed by atoms with Gasteiger partial charge in [-0.05, 0) is 54.2 Å². The lowest BCUT2D eigenvalue weighted by Gasteiger charge is -2.06. The lowest BCUT2D eigenvalue weighted by Crippen LogP contribution is -1.81. The highest BCUT2D eigenvalue weighted by Gasteiger charge is 2.21. The minimum atomic E-state index is -0.504. The molecule has 0 saturated heterocycles. The largest absolute Gasteiger partial charge is 0.245 e. The fourth-order valence-electron chi connectivity index (χ4n) is 3.98. The molecule has 29 heavy (non-hydrogen) atoms. The van der Waals surface area contributed by atoms with E-state index in [0.717, 1.165) is 11.0 Å². The monoisotopic (exact) mass is 389 g/mol. The average Bonchev–Trinajstić information content (AvgIpc) is 3.21. The molecular weight excluding hydrogens is 372 g/mol. The van der Waals surface area contributed by atoms with Crippen LogP contribution in [0.25, 0.3) is 48.6 Å². The zero-order valence-corrected chi connectivity index (χ0v) is 16.4. The Hall–Kier alpha value is -3.56. The number of nitrogens with zero attached hydrogens (tertiary/aromatic N) is 2. The Morgan fingerprint density at radius 1 is 0.517 bits per heavy atom. The Morgan fingerprint density at radius 3 is 2.03 bits per heavy atom. The van der Waals surface area contributed by atoms with Gasteiger partial charge in [0.15, 0.2) is 11.0 Å². The van der Waals surface area contributed by atoms with E-state index in [1.165, 1.54) is 37.6 Å². The first-order chi connectivity index (χ1) is 14.4. The Balaban J connectivity index is 1.53. The van der Waals surface area contributed by atoms with E-state index in [9.17, 15) is 0 Å². The lowest BCUT2D eigenvalue weighted by atomic mass is 9.98. The molecule has 136 valence electrons. The molecule has 1 unspecified atom stereocenters. The lowest BCUT2D eigenvalue weighted by molar-refractivity contribution is 1.62. The predicted octanol–water partition coefficient (Wildman–Crippen LogP) is 7.34. The molecule has 0 amide bonds. The maximum atomic E-state index is 5.00. The topological polar surface area (TPSA) is 25.8 Å². The van der Waals surface area contributed by atoms with Crippen LogP contribution in [0.3, 0.4) is 0 Å². The molecule has 0 spiro atoms. The smallest absolute Gasteiger partial charge is 0.0616 e. The molecule has 0 aliphatic heterocycles.